The normalized spacial score (nSPS) is 12.0. The number of aromatic nitrogens is 3. The molecule has 2 aromatic rings. The Balaban J connectivity index is 2.58. The maximum Gasteiger partial charge on any atom is 0.160 e. The molecule has 0 fully saturated rings. The molecule has 0 aliphatic rings. The van der Waals surface area contributed by atoms with Crippen LogP contribution in [-0.4, -0.2) is 19.5 Å². The summed E-state index contributed by atoms with van der Waals surface area (Å²) in [6, 6.07) is 1.83. The SMILES string of the molecule is CC(C)(C)c1nc2cc(Cl)cnc2n1CCC(N)=S. The zero-order chi connectivity index (χ0) is 14.2. The zero-order valence-electron chi connectivity index (χ0n) is 11.3. The van der Waals surface area contributed by atoms with Crippen molar-refractivity contribution >= 4 is 40.0 Å². The topological polar surface area (TPSA) is 56.7 Å². The molecule has 0 aliphatic heterocycles. The summed E-state index contributed by atoms with van der Waals surface area (Å²) in [5, 5.41) is 0.590. The molecule has 19 heavy (non-hydrogen) atoms. The molecule has 2 aromatic heterocycles. The van der Waals surface area contributed by atoms with Gasteiger partial charge in [-0.1, -0.05) is 44.6 Å². The van der Waals surface area contributed by atoms with Crippen LogP contribution in [0.4, 0.5) is 0 Å². The van der Waals surface area contributed by atoms with Gasteiger partial charge in [0, 0.05) is 24.6 Å². The first-order valence-corrected chi connectivity index (χ1v) is 6.88. The number of imidazole rings is 1. The van der Waals surface area contributed by atoms with Gasteiger partial charge in [-0.25, -0.2) is 9.97 Å². The summed E-state index contributed by atoms with van der Waals surface area (Å²) in [4.78, 5) is 9.53. The maximum absolute atomic E-state index is 5.97. The summed E-state index contributed by atoms with van der Waals surface area (Å²) in [7, 11) is 0. The molecule has 6 heteroatoms. The van der Waals surface area contributed by atoms with Crippen molar-refractivity contribution in [1.29, 1.82) is 0 Å². The standard InChI is InChI=1S/C13H17ClN4S/c1-13(2,3)12-17-9-6-8(14)7-16-11(9)18(12)5-4-10(15)19/h6-7H,4-5H2,1-3H3,(H2,15,19). The third-order valence-electron chi connectivity index (χ3n) is 2.80. The van der Waals surface area contributed by atoms with E-state index >= 15 is 0 Å². The van der Waals surface area contributed by atoms with Crippen molar-refractivity contribution in [3.8, 4) is 0 Å². The minimum Gasteiger partial charge on any atom is -0.393 e. The lowest BCUT2D eigenvalue weighted by Crippen LogP contribution is -2.21. The Bertz CT molecular complexity index is 627. The van der Waals surface area contributed by atoms with Crippen LogP contribution >= 0.6 is 23.8 Å². The average Bonchev–Trinajstić information content (AvgIpc) is 2.63. The van der Waals surface area contributed by atoms with E-state index in [1.807, 2.05) is 6.07 Å². The fraction of sp³-hybridized carbons (Fsp3) is 0.462. The molecule has 2 heterocycles. The first kappa shape index (κ1) is 14.2. The second kappa shape index (κ2) is 5.06. The van der Waals surface area contributed by atoms with E-state index in [2.05, 4.69) is 35.3 Å². The molecule has 0 spiro atoms. The molecule has 0 radical (unpaired) electrons. The lowest BCUT2D eigenvalue weighted by molar-refractivity contribution is 0.506. The Morgan fingerprint density at radius 3 is 2.74 bits per heavy atom. The number of fused-ring (bicyclic) bond motifs is 1. The van der Waals surface area contributed by atoms with E-state index < -0.39 is 0 Å². The number of aryl methyl sites for hydroxylation is 1. The molecule has 0 bridgehead atoms. The van der Waals surface area contributed by atoms with Crippen LogP contribution in [0, 0.1) is 0 Å². The van der Waals surface area contributed by atoms with Crippen molar-refractivity contribution in [2.24, 2.45) is 5.73 Å². The highest BCUT2D eigenvalue weighted by Gasteiger charge is 2.23. The Kier molecular flexibility index (Phi) is 3.78. The highest BCUT2D eigenvalue weighted by molar-refractivity contribution is 7.80. The van der Waals surface area contributed by atoms with Crippen LogP contribution in [0.25, 0.3) is 11.2 Å². The van der Waals surface area contributed by atoms with Gasteiger partial charge in [0.1, 0.15) is 11.3 Å². The highest BCUT2D eigenvalue weighted by atomic mass is 35.5. The third kappa shape index (κ3) is 3.04. The van der Waals surface area contributed by atoms with Crippen LogP contribution < -0.4 is 5.73 Å². The lowest BCUT2D eigenvalue weighted by atomic mass is 9.95. The average molecular weight is 297 g/mol. The second-order valence-corrected chi connectivity index (χ2v) is 6.51. The Hall–Kier alpha value is -1.20. The molecule has 0 atom stereocenters. The van der Waals surface area contributed by atoms with E-state index in [1.54, 1.807) is 6.20 Å². The minimum atomic E-state index is -0.0800. The Morgan fingerprint density at radius 1 is 1.47 bits per heavy atom. The number of hydrogen-bond acceptors (Lipinski definition) is 3. The van der Waals surface area contributed by atoms with E-state index in [-0.39, 0.29) is 5.41 Å². The molecule has 102 valence electrons. The molecule has 2 N–H and O–H groups in total. The second-order valence-electron chi connectivity index (χ2n) is 5.55. The molecule has 2 rings (SSSR count). The third-order valence-corrected chi connectivity index (χ3v) is 3.22. The van der Waals surface area contributed by atoms with Gasteiger partial charge in [-0.15, -0.1) is 0 Å². The van der Waals surface area contributed by atoms with Crippen molar-refractivity contribution in [3.63, 3.8) is 0 Å². The summed E-state index contributed by atoms with van der Waals surface area (Å²) in [5.41, 5.74) is 7.14. The van der Waals surface area contributed by atoms with Crippen LogP contribution in [-0.2, 0) is 12.0 Å². The van der Waals surface area contributed by atoms with Gasteiger partial charge >= 0.3 is 0 Å². The molecule has 4 nitrogen and oxygen atoms in total. The predicted octanol–water partition coefficient (Wildman–Crippen LogP) is 3.06. The number of nitrogens with zero attached hydrogens (tertiary/aromatic N) is 3. The van der Waals surface area contributed by atoms with Crippen molar-refractivity contribution < 1.29 is 0 Å². The first-order valence-electron chi connectivity index (χ1n) is 6.09. The molecule has 0 saturated heterocycles. The highest BCUT2D eigenvalue weighted by Crippen LogP contribution is 2.26. The van der Waals surface area contributed by atoms with E-state index in [0.29, 0.717) is 23.0 Å². The van der Waals surface area contributed by atoms with Crippen molar-refractivity contribution in [2.45, 2.75) is 39.2 Å². The summed E-state index contributed by atoms with van der Waals surface area (Å²) in [6.45, 7) is 7.04. The smallest absolute Gasteiger partial charge is 0.160 e. The van der Waals surface area contributed by atoms with Gasteiger partial charge in [-0.2, -0.15) is 0 Å². The molecule has 0 amide bonds. The number of rotatable bonds is 3. The quantitative estimate of drug-likeness (QED) is 0.885. The van der Waals surface area contributed by atoms with Gasteiger partial charge in [0.15, 0.2) is 5.65 Å². The van der Waals surface area contributed by atoms with Gasteiger partial charge in [0.2, 0.25) is 0 Å². The molecule has 0 saturated carbocycles. The summed E-state index contributed by atoms with van der Waals surface area (Å²) >= 11 is 10.9. The summed E-state index contributed by atoms with van der Waals surface area (Å²) < 4.78 is 2.07. The monoisotopic (exact) mass is 296 g/mol. The Morgan fingerprint density at radius 2 is 2.16 bits per heavy atom. The summed E-state index contributed by atoms with van der Waals surface area (Å²) in [6.07, 6.45) is 2.27. The van der Waals surface area contributed by atoms with Crippen LogP contribution in [0.15, 0.2) is 12.3 Å². The minimum absolute atomic E-state index is 0.0800. The predicted molar refractivity (Wildman–Crippen MR) is 82.6 cm³/mol. The number of halogens is 1. The number of thiocarbonyl (C=S) groups is 1. The lowest BCUT2D eigenvalue weighted by Gasteiger charge is -2.19. The number of pyridine rings is 1. The fourth-order valence-corrected chi connectivity index (χ4v) is 2.24. The van der Waals surface area contributed by atoms with E-state index in [0.717, 1.165) is 17.0 Å². The Labute approximate surface area is 123 Å². The van der Waals surface area contributed by atoms with E-state index in [4.69, 9.17) is 29.6 Å². The fourth-order valence-electron chi connectivity index (χ4n) is 1.99. The number of nitrogens with two attached hydrogens (primary N) is 1. The van der Waals surface area contributed by atoms with Gasteiger partial charge in [-0.3, -0.25) is 0 Å². The van der Waals surface area contributed by atoms with Crippen LogP contribution in [0.1, 0.15) is 33.0 Å². The molecule has 0 aliphatic carbocycles. The molecule has 0 aromatic carbocycles. The van der Waals surface area contributed by atoms with Gasteiger partial charge in [-0.05, 0) is 6.07 Å². The van der Waals surface area contributed by atoms with E-state index in [9.17, 15) is 0 Å². The first-order chi connectivity index (χ1) is 8.79. The van der Waals surface area contributed by atoms with Gasteiger partial charge in [0.25, 0.3) is 0 Å². The number of hydrogen-bond donors (Lipinski definition) is 1. The molecule has 0 unspecified atom stereocenters. The largest absolute Gasteiger partial charge is 0.393 e. The van der Waals surface area contributed by atoms with Crippen LogP contribution in [0.5, 0.6) is 0 Å². The van der Waals surface area contributed by atoms with Gasteiger partial charge in [0.05, 0.1) is 10.0 Å². The summed E-state index contributed by atoms with van der Waals surface area (Å²) in [5.74, 6) is 0.966. The van der Waals surface area contributed by atoms with Crippen LogP contribution in [0.2, 0.25) is 5.02 Å². The van der Waals surface area contributed by atoms with Crippen molar-refractivity contribution in [1.82, 2.24) is 14.5 Å². The maximum atomic E-state index is 5.97. The molecular formula is C13H17ClN4S. The zero-order valence-corrected chi connectivity index (χ0v) is 12.8. The van der Waals surface area contributed by atoms with Crippen molar-refractivity contribution in [2.75, 3.05) is 0 Å². The van der Waals surface area contributed by atoms with E-state index in [1.165, 1.54) is 0 Å². The van der Waals surface area contributed by atoms with Gasteiger partial charge < -0.3 is 10.3 Å². The van der Waals surface area contributed by atoms with Crippen molar-refractivity contribution in [3.05, 3.63) is 23.1 Å². The molecular weight excluding hydrogens is 280 g/mol. The van der Waals surface area contributed by atoms with Crippen LogP contribution in [0.3, 0.4) is 0 Å².